The standard InChI is InChI=1S/C13H16FNO/c14-12-8-4-5-10(9-15)13(12)16-11-6-2-1-3-7-11/h2,4-6,8,11H,1,3,7,9,15H2. The first-order chi connectivity index (χ1) is 7.81. The van der Waals surface area contributed by atoms with Crippen LogP contribution in [0.15, 0.2) is 30.4 Å². The van der Waals surface area contributed by atoms with Crippen LogP contribution >= 0.6 is 0 Å². The van der Waals surface area contributed by atoms with Gasteiger partial charge in [-0.2, -0.15) is 0 Å². The number of allylic oxidation sites excluding steroid dienone is 1. The normalized spacial score (nSPS) is 19.8. The summed E-state index contributed by atoms with van der Waals surface area (Å²) >= 11 is 0. The number of benzene rings is 1. The second kappa shape index (κ2) is 5.12. The van der Waals surface area contributed by atoms with E-state index in [4.69, 9.17) is 10.5 Å². The molecule has 1 atom stereocenters. The molecule has 1 aromatic rings. The Kier molecular flexibility index (Phi) is 3.57. The van der Waals surface area contributed by atoms with E-state index in [0.717, 1.165) is 24.8 Å². The third kappa shape index (κ3) is 2.42. The molecular weight excluding hydrogens is 205 g/mol. The van der Waals surface area contributed by atoms with E-state index >= 15 is 0 Å². The molecule has 3 heteroatoms. The SMILES string of the molecule is NCc1cccc(F)c1OC1C=CCCC1. The Morgan fingerprint density at radius 3 is 3.00 bits per heavy atom. The first-order valence-electron chi connectivity index (χ1n) is 5.62. The number of para-hydroxylation sites is 1. The average Bonchev–Trinajstić information content (AvgIpc) is 2.33. The molecule has 0 aliphatic heterocycles. The molecule has 16 heavy (non-hydrogen) atoms. The molecule has 2 N–H and O–H groups in total. The molecule has 2 nitrogen and oxygen atoms in total. The fourth-order valence-corrected chi connectivity index (χ4v) is 1.88. The number of halogens is 1. The van der Waals surface area contributed by atoms with Crippen molar-refractivity contribution < 1.29 is 9.13 Å². The van der Waals surface area contributed by atoms with Gasteiger partial charge in [0.25, 0.3) is 0 Å². The van der Waals surface area contributed by atoms with Gasteiger partial charge >= 0.3 is 0 Å². The second-order valence-corrected chi connectivity index (χ2v) is 3.95. The van der Waals surface area contributed by atoms with E-state index in [1.807, 2.05) is 6.08 Å². The van der Waals surface area contributed by atoms with Crippen molar-refractivity contribution in [2.75, 3.05) is 0 Å². The number of hydrogen-bond acceptors (Lipinski definition) is 2. The Labute approximate surface area is 94.9 Å². The Balaban J connectivity index is 2.19. The smallest absolute Gasteiger partial charge is 0.165 e. The minimum Gasteiger partial charge on any atom is -0.483 e. The number of nitrogens with two attached hydrogens (primary N) is 1. The third-order valence-corrected chi connectivity index (χ3v) is 2.75. The van der Waals surface area contributed by atoms with Crippen molar-refractivity contribution in [3.8, 4) is 5.75 Å². The van der Waals surface area contributed by atoms with Crippen LogP contribution in [-0.4, -0.2) is 6.10 Å². The lowest BCUT2D eigenvalue weighted by Crippen LogP contribution is -2.18. The average molecular weight is 221 g/mol. The highest BCUT2D eigenvalue weighted by Gasteiger charge is 2.15. The molecule has 2 rings (SSSR count). The number of hydrogen-bond donors (Lipinski definition) is 1. The molecule has 0 fully saturated rings. The van der Waals surface area contributed by atoms with Crippen LogP contribution in [0.3, 0.4) is 0 Å². The van der Waals surface area contributed by atoms with Crippen molar-refractivity contribution in [3.63, 3.8) is 0 Å². The van der Waals surface area contributed by atoms with Gasteiger partial charge in [-0.3, -0.25) is 0 Å². The summed E-state index contributed by atoms with van der Waals surface area (Å²) < 4.78 is 19.3. The summed E-state index contributed by atoms with van der Waals surface area (Å²) in [5, 5.41) is 0. The van der Waals surface area contributed by atoms with Gasteiger partial charge in [0.15, 0.2) is 11.6 Å². The molecule has 1 aliphatic rings. The summed E-state index contributed by atoms with van der Waals surface area (Å²) in [4.78, 5) is 0. The van der Waals surface area contributed by atoms with Crippen molar-refractivity contribution in [2.24, 2.45) is 5.73 Å². The molecule has 0 saturated carbocycles. The maximum atomic E-state index is 13.6. The lowest BCUT2D eigenvalue weighted by Gasteiger charge is -2.20. The molecule has 0 saturated heterocycles. The van der Waals surface area contributed by atoms with Crippen LogP contribution in [0.5, 0.6) is 5.75 Å². The maximum Gasteiger partial charge on any atom is 0.165 e. The zero-order valence-electron chi connectivity index (χ0n) is 9.16. The van der Waals surface area contributed by atoms with Crippen LogP contribution in [0.4, 0.5) is 4.39 Å². The van der Waals surface area contributed by atoms with Gasteiger partial charge in [-0.05, 0) is 31.4 Å². The number of ether oxygens (including phenoxy) is 1. The van der Waals surface area contributed by atoms with Crippen LogP contribution in [0.2, 0.25) is 0 Å². The molecule has 0 radical (unpaired) electrons. The first-order valence-corrected chi connectivity index (χ1v) is 5.62. The molecule has 86 valence electrons. The lowest BCUT2D eigenvalue weighted by atomic mass is 10.1. The van der Waals surface area contributed by atoms with Gasteiger partial charge < -0.3 is 10.5 Å². The van der Waals surface area contributed by atoms with Gasteiger partial charge in [-0.25, -0.2) is 4.39 Å². The Morgan fingerprint density at radius 2 is 2.31 bits per heavy atom. The summed E-state index contributed by atoms with van der Waals surface area (Å²) in [6, 6.07) is 4.85. The lowest BCUT2D eigenvalue weighted by molar-refractivity contribution is 0.217. The van der Waals surface area contributed by atoms with E-state index in [1.54, 1.807) is 12.1 Å². The van der Waals surface area contributed by atoms with E-state index in [1.165, 1.54) is 6.07 Å². The molecule has 1 unspecified atom stereocenters. The number of rotatable bonds is 3. The van der Waals surface area contributed by atoms with Gasteiger partial charge in [-0.1, -0.05) is 18.2 Å². The van der Waals surface area contributed by atoms with E-state index in [-0.39, 0.29) is 11.9 Å². The van der Waals surface area contributed by atoms with Crippen molar-refractivity contribution in [1.82, 2.24) is 0 Å². The summed E-state index contributed by atoms with van der Waals surface area (Å²) in [6.45, 7) is 0.295. The Hall–Kier alpha value is -1.35. The molecular formula is C13H16FNO. The van der Waals surface area contributed by atoms with E-state index in [9.17, 15) is 4.39 Å². The topological polar surface area (TPSA) is 35.2 Å². The van der Waals surface area contributed by atoms with E-state index in [0.29, 0.717) is 12.3 Å². The largest absolute Gasteiger partial charge is 0.483 e. The molecule has 1 aromatic carbocycles. The van der Waals surface area contributed by atoms with Crippen LogP contribution in [-0.2, 0) is 6.54 Å². The minimum atomic E-state index is -0.332. The van der Waals surface area contributed by atoms with Gasteiger partial charge in [0, 0.05) is 12.1 Å². The predicted octanol–water partition coefficient (Wildman–Crippen LogP) is 2.77. The monoisotopic (exact) mass is 221 g/mol. The highest BCUT2D eigenvalue weighted by atomic mass is 19.1. The summed E-state index contributed by atoms with van der Waals surface area (Å²) in [7, 11) is 0. The van der Waals surface area contributed by atoms with Crippen LogP contribution in [0, 0.1) is 5.82 Å². The molecule has 1 aliphatic carbocycles. The zero-order valence-corrected chi connectivity index (χ0v) is 9.16. The van der Waals surface area contributed by atoms with E-state index in [2.05, 4.69) is 6.08 Å². The second-order valence-electron chi connectivity index (χ2n) is 3.95. The Bertz CT molecular complexity index is 390. The molecule has 0 spiro atoms. The van der Waals surface area contributed by atoms with Gasteiger partial charge in [0.1, 0.15) is 6.10 Å². The highest BCUT2D eigenvalue weighted by Crippen LogP contribution is 2.26. The molecule has 0 heterocycles. The zero-order chi connectivity index (χ0) is 11.4. The predicted molar refractivity (Wildman–Crippen MR) is 61.7 cm³/mol. The molecule has 0 bridgehead atoms. The summed E-state index contributed by atoms with van der Waals surface area (Å²) in [5.74, 6) is -0.0246. The Morgan fingerprint density at radius 1 is 1.44 bits per heavy atom. The van der Waals surface area contributed by atoms with Crippen molar-refractivity contribution in [3.05, 3.63) is 41.7 Å². The summed E-state index contributed by atoms with van der Waals surface area (Å²) in [6.07, 6.45) is 7.17. The first kappa shape index (κ1) is 11.1. The van der Waals surface area contributed by atoms with Crippen molar-refractivity contribution in [2.45, 2.75) is 31.9 Å². The molecule has 0 amide bonds. The van der Waals surface area contributed by atoms with Crippen LogP contribution < -0.4 is 10.5 Å². The quantitative estimate of drug-likeness (QED) is 0.796. The van der Waals surface area contributed by atoms with Crippen molar-refractivity contribution >= 4 is 0 Å². The summed E-state index contributed by atoms with van der Waals surface area (Å²) in [5.41, 5.74) is 6.28. The highest BCUT2D eigenvalue weighted by molar-refractivity contribution is 5.35. The van der Waals surface area contributed by atoms with Crippen LogP contribution in [0.1, 0.15) is 24.8 Å². The third-order valence-electron chi connectivity index (χ3n) is 2.75. The maximum absolute atomic E-state index is 13.6. The van der Waals surface area contributed by atoms with Gasteiger partial charge in [-0.15, -0.1) is 0 Å². The van der Waals surface area contributed by atoms with Gasteiger partial charge in [0.2, 0.25) is 0 Å². The fraction of sp³-hybridized carbons (Fsp3) is 0.385. The minimum absolute atomic E-state index is 0.0176. The van der Waals surface area contributed by atoms with Crippen molar-refractivity contribution in [1.29, 1.82) is 0 Å². The fourth-order valence-electron chi connectivity index (χ4n) is 1.88. The molecule has 0 aromatic heterocycles. The van der Waals surface area contributed by atoms with Gasteiger partial charge in [0.05, 0.1) is 0 Å². The van der Waals surface area contributed by atoms with Crippen LogP contribution in [0.25, 0.3) is 0 Å². The van der Waals surface area contributed by atoms with E-state index < -0.39 is 0 Å².